The molecule has 0 bridgehead atoms. The van der Waals surface area contributed by atoms with Gasteiger partial charge in [0.1, 0.15) is 5.76 Å². The summed E-state index contributed by atoms with van der Waals surface area (Å²) in [5.74, 6) is 1.11. The van der Waals surface area contributed by atoms with Crippen LogP contribution in [0.3, 0.4) is 0 Å². The van der Waals surface area contributed by atoms with Crippen molar-refractivity contribution in [2.75, 3.05) is 5.75 Å². The van der Waals surface area contributed by atoms with Crippen LogP contribution in [0.25, 0.3) is 10.9 Å². The summed E-state index contributed by atoms with van der Waals surface area (Å²) in [7, 11) is 0. The minimum Gasteiger partial charge on any atom is -0.467 e. The number of carbonyl (C=O) groups is 1. The molecule has 0 aliphatic heterocycles. The van der Waals surface area contributed by atoms with E-state index in [9.17, 15) is 4.79 Å². The Morgan fingerprint density at radius 1 is 1.07 bits per heavy atom. The number of aromatic nitrogens is 1. The molecule has 4 rings (SSSR count). The Kier molecular flexibility index (Phi) is 5.88. The summed E-state index contributed by atoms with van der Waals surface area (Å²) < 4.78 is 8.56. The van der Waals surface area contributed by atoms with Crippen LogP contribution in [-0.2, 0) is 17.9 Å². The molecule has 0 unspecified atom stereocenters. The number of fused-ring (bicyclic) bond motifs is 1. The van der Waals surface area contributed by atoms with Crippen molar-refractivity contribution in [2.24, 2.45) is 0 Å². The van der Waals surface area contributed by atoms with Gasteiger partial charge in [-0.15, -0.1) is 11.8 Å². The Bertz CT molecular complexity index is 1070. The highest BCUT2D eigenvalue weighted by molar-refractivity contribution is 9.10. The standard InChI is InChI=1S/C22H19BrN2O2S/c23-17-9-7-16(8-10-17)13-25-14-21(19-5-1-2-6-20(19)25)28-15-22(26)24-12-18-4-3-11-27-18/h1-11,14H,12-13,15H2,(H,24,26). The van der Waals surface area contributed by atoms with Crippen LogP contribution < -0.4 is 5.32 Å². The second-order valence-corrected chi connectivity index (χ2v) is 8.34. The van der Waals surface area contributed by atoms with E-state index in [2.05, 4.69) is 68.4 Å². The molecule has 0 saturated heterocycles. The van der Waals surface area contributed by atoms with Crippen LogP contribution in [-0.4, -0.2) is 16.2 Å². The highest BCUT2D eigenvalue weighted by Gasteiger charge is 2.11. The molecule has 4 aromatic rings. The van der Waals surface area contributed by atoms with E-state index >= 15 is 0 Å². The van der Waals surface area contributed by atoms with E-state index in [0.29, 0.717) is 12.3 Å². The van der Waals surface area contributed by atoms with Gasteiger partial charge in [-0.3, -0.25) is 4.79 Å². The molecule has 6 heteroatoms. The van der Waals surface area contributed by atoms with Gasteiger partial charge in [0.15, 0.2) is 0 Å². The molecule has 142 valence electrons. The van der Waals surface area contributed by atoms with Crippen LogP contribution in [0, 0.1) is 0 Å². The molecule has 0 aliphatic rings. The van der Waals surface area contributed by atoms with E-state index < -0.39 is 0 Å². The number of nitrogens with zero attached hydrogens (tertiary/aromatic N) is 1. The number of furan rings is 1. The zero-order valence-corrected chi connectivity index (χ0v) is 17.5. The predicted octanol–water partition coefficient (Wildman–Crippen LogP) is 5.45. The molecule has 2 aromatic heterocycles. The van der Waals surface area contributed by atoms with Crippen LogP contribution >= 0.6 is 27.7 Å². The summed E-state index contributed by atoms with van der Waals surface area (Å²) >= 11 is 5.04. The summed E-state index contributed by atoms with van der Waals surface area (Å²) in [5, 5.41) is 4.06. The topological polar surface area (TPSA) is 47.2 Å². The normalized spacial score (nSPS) is 11.0. The van der Waals surface area contributed by atoms with Gasteiger partial charge in [-0.25, -0.2) is 0 Å². The van der Waals surface area contributed by atoms with E-state index in [1.165, 1.54) is 16.5 Å². The third-order valence-corrected chi connectivity index (χ3v) is 5.99. The lowest BCUT2D eigenvalue weighted by molar-refractivity contribution is -0.118. The number of para-hydroxylation sites is 1. The number of hydrogen-bond donors (Lipinski definition) is 1. The van der Waals surface area contributed by atoms with Crippen molar-refractivity contribution in [2.45, 2.75) is 18.0 Å². The third-order valence-electron chi connectivity index (χ3n) is 4.42. The van der Waals surface area contributed by atoms with E-state index in [0.717, 1.165) is 21.7 Å². The maximum atomic E-state index is 12.2. The Morgan fingerprint density at radius 2 is 1.89 bits per heavy atom. The quantitative estimate of drug-likeness (QED) is 0.377. The molecule has 2 aromatic carbocycles. The fraction of sp³-hybridized carbons (Fsp3) is 0.136. The Balaban J connectivity index is 1.46. The summed E-state index contributed by atoms with van der Waals surface area (Å²) in [6.07, 6.45) is 3.74. The van der Waals surface area contributed by atoms with Crippen LogP contribution in [0.1, 0.15) is 11.3 Å². The average molecular weight is 455 g/mol. The summed E-state index contributed by atoms with van der Waals surface area (Å²) in [6.45, 7) is 1.21. The molecule has 0 saturated carbocycles. The van der Waals surface area contributed by atoms with Gasteiger partial charge in [0, 0.05) is 33.0 Å². The number of thioether (sulfide) groups is 1. The lowest BCUT2D eigenvalue weighted by atomic mass is 10.2. The smallest absolute Gasteiger partial charge is 0.230 e. The first-order valence-corrected chi connectivity index (χ1v) is 10.7. The molecule has 4 nitrogen and oxygen atoms in total. The zero-order chi connectivity index (χ0) is 19.3. The molecule has 1 N–H and O–H groups in total. The van der Waals surface area contributed by atoms with Crippen molar-refractivity contribution in [3.8, 4) is 0 Å². The summed E-state index contributed by atoms with van der Waals surface area (Å²) in [4.78, 5) is 13.3. The van der Waals surface area contributed by atoms with Crippen molar-refractivity contribution in [3.63, 3.8) is 0 Å². The summed E-state index contributed by atoms with van der Waals surface area (Å²) in [5.41, 5.74) is 2.40. The fourth-order valence-electron chi connectivity index (χ4n) is 3.04. The van der Waals surface area contributed by atoms with Gasteiger partial charge in [0.25, 0.3) is 0 Å². The molecule has 0 fully saturated rings. The van der Waals surface area contributed by atoms with E-state index in [1.54, 1.807) is 18.0 Å². The second-order valence-electron chi connectivity index (χ2n) is 6.41. The molecule has 0 spiro atoms. The van der Waals surface area contributed by atoms with E-state index in [4.69, 9.17) is 4.42 Å². The van der Waals surface area contributed by atoms with Gasteiger partial charge in [-0.1, -0.05) is 46.3 Å². The molecular weight excluding hydrogens is 436 g/mol. The van der Waals surface area contributed by atoms with Crippen molar-refractivity contribution in [3.05, 3.63) is 88.9 Å². The Labute approximate surface area is 176 Å². The average Bonchev–Trinajstić information content (AvgIpc) is 3.35. The highest BCUT2D eigenvalue weighted by Crippen LogP contribution is 2.30. The van der Waals surface area contributed by atoms with Gasteiger partial charge in [0.05, 0.1) is 18.6 Å². The largest absolute Gasteiger partial charge is 0.467 e. The lowest BCUT2D eigenvalue weighted by Crippen LogP contribution is -2.24. The molecule has 2 heterocycles. The van der Waals surface area contributed by atoms with Gasteiger partial charge < -0.3 is 14.3 Å². The zero-order valence-electron chi connectivity index (χ0n) is 15.1. The van der Waals surface area contributed by atoms with Crippen molar-refractivity contribution < 1.29 is 9.21 Å². The number of hydrogen-bond acceptors (Lipinski definition) is 3. The molecule has 1 amide bonds. The minimum atomic E-state index is -0.00820. The number of rotatable bonds is 7. The number of amides is 1. The van der Waals surface area contributed by atoms with Crippen LogP contribution in [0.15, 0.2) is 86.9 Å². The van der Waals surface area contributed by atoms with Gasteiger partial charge in [-0.05, 0) is 35.9 Å². The number of benzene rings is 2. The predicted molar refractivity (Wildman–Crippen MR) is 116 cm³/mol. The molecule has 0 radical (unpaired) electrons. The SMILES string of the molecule is O=C(CSc1cn(Cc2ccc(Br)cc2)c2ccccc12)NCc1ccco1. The number of carbonyl (C=O) groups excluding carboxylic acids is 1. The number of halogens is 1. The number of nitrogens with one attached hydrogen (secondary N) is 1. The van der Waals surface area contributed by atoms with Crippen LogP contribution in [0.2, 0.25) is 0 Å². The highest BCUT2D eigenvalue weighted by atomic mass is 79.9. The van der Waals surface area contributed by atoms with Crippen molar-refractivity contribution in [1.29, 1.82) is 0 Å². The lowest BCUT2D eigenvalue weighted by Gasteiger charge is -2.05. The van der Waals surface area contributed by atoms with Crippen molar-refractivity contribution >= 4 is 44.5 Å². The van der Waals surface area contributed by atoms with Gasteiger partial charge >= 0.3 is 0 Å². The first kappa shape index (κ1) is 18.9. The minimum absolute atomic E-state index is 0.00820. The van der Waals surface area contributed by atoms with Gasteiger partial charge in [-0.2, -0.15) is 0 Å². The van der Waals surface area contributed by atoms with Crippen LogP contribution in [0.5, 0.6) is 0 Å². The molecule has 0 aliphatic carbocycles. The summed E-state index contributed by atoms with van der Waals surface area (Å²) in [6, 6.07) is 20.3. The van der Waals surface area contributed by atoms with Gasteiger partial charge in [0.2, 0.25) is 5.91 Å². The third kappa shape index (κ3) is 4.51. The second kappa shape index (κ2) is 8.71. The Morgan fingerprint density at radius 3 is 2.68 bits per heavy atom. The molecule has 0 atom stereocenters. The fourth-order valence-corrected chi connectivity index (χ4v) is 4.22. The van der Waals surface area contributed by atoms with E-state index in [1.807, 2.05) is 24.3 Å². The maximum absolute atomic E-state index is 12.2. The molecular formula is C22H19BrN2O2S. The molecule has 28 heavy (non-hydrogen) atoms. The first-order valence-electron chi connectivity index (χ1n) is 8.93. The van der Waals surface area contributed by atoms with Crippen molar-refractivity contribution in [1.82, 2.24) is 9.88 Å². The van der Waals surface area contributed by atoms with Crippen LogP contribution in [0.4, 0.5) is 0 Å². The monoisotopic (exact) mass is 454 g/mol. The Hall–Kier alpha value is -2.44. The van der Waals surface area contributed by atoms with E-state index in [-0.39, 0.29) is 5.91 Å². The maximum Gasteiger partial charge on any atom is 0.230 e. The first-order chi connectivity index (χ1) is 13.7.